The van der Waals surface area contributed by atoms with Gasteiger partial charge in [0.15, 0.2) is 0 Å². The first-order valence-electron chi connectivity index (χ1n) is 10.9. The van der Waals surface area contributed by atoms with Gasteiger partial charge in [0.2, 0.25) is 0 Å². The molecule has 0 bridgehead atoms. The summed E-state index contributed by atoms with van der Waals surface area (Å²) in [4.78, 5) is 31.8. The van der Waals surface area contributed by atoms with Gasteiger partial charge in [-0.05, 0) is 61.6 Å². The van der Waals surface area contributed by atoms with Gasteiger partial charge >= 0.3 is 11.8 Å². The van der Waals surface area contributed by atoms with Crippen LogP contribution in [0.5, 0.6) is 0 Å². The van der Waals surface area contributed by atoms with Crippen LogP contribution in [0.25, 0.3) is 0 Å². The lowest BCUT2D eigenvalue weighted by molar-refractivity contribution is -0.136. The first-order valence-corrected chi connectivity index (χ1v) is 10.9. The highest BCUT2D eigenvalue weighted by molar-refractivity contribution is 6.39. The van der Waals surface area contributed by atoms with Gasteiger partial charge in [0, 0.05) is 36.9 Å². The Bertz CT molecular complexity index is 1120. The average molecular weight is 429 g/mol. The molecular weight excluding hydrogens is 400 g/mol. The molecule has 6 nitrogen and oxygen atoms in total. The molecule has 2 N–H and O–H groups in total. The quantitative estimate of drug-likeness (QED) is 0.605. The van der Waals surface area contributed by atoms with Gasteiger partial charge in [0.1, 0.15) is 0 Å². The molecule has 0 spiro atoms. The summed E-state index contributed by atoms with van der Waals surface area (Å²) in [5, 5.41) is 5.62. The van der Waals surface area contributed by atoms with Gasteiger partial charge in [0.05, 0.1) is 6.04 Å². The molecule has 6 heteroatoms. The SMILES string of the molecule is Cc1cc(C)c(NC(=O)C(=O)NC[C@H](c2cccnc2)N2CCc3ccccc32)c(C)c1. The summed E-state index contributed by atoms with van der Waals surface area (Å²) in [5.41, 5.74) is 7.12. The van der Waals surface area contributed by atoms with Crippen LogP contribution in [-0.4, -0.2) is 29.9 Å². The second-order valence-corrected chi connectivity index (χ2v) is 8.31. The van der Waals surface area contributed by atoms with E-state index in [0.717, 1.165) is 40.9 Å². The van der Waals surface area contributed by atoms with Gasteiger partial charge in [-0.1, -0.05) is 42.0 Å². The lowest BCUT2D eigenvalue weighted by Crippen LogP contribution is -2.42. The van der Waals surface area contributed by atoms with Crippen LogP contribution in [0.3, 0.4) is 0 Å². The van der Waals surface area contributed by atoms with Gasteiger partial charge in [-0.2, -0.15) is 0 Å². The van der Waals surface area contributed by atoms with Crippen LogP contribution in [0.4, 0.5) is 11.4 Å². The highest BCUT2D eigenvalue weighted by atomic mass is 16.2. The van der Waals surface area contributed by atoms with Crippen LogP contribution in [0.2, 0.25) is 0 Å². The molecule has 164 valence electrons. The van der Waals surface area contributed by atoms with E-state index in [4.69, 9.17) is 0 Å². The van der Waals surface area contributed by atoms with Crippen molar-refractivity contribution < 1.29 is 9.59 Å². The second-order valence-electron chi connectivity index (χ2n) is 8.31. The topological polar surface area (TPSA) is 74.3 Å². The van der Waals surface area contributed by atoms with E-state index in [0.29, 0.717) is 12.2 Å². The minimum Gasteiger partial charge on any atom is -0.362 e. The Hall–Kier alpha value is -3.67. The van der Waals surface area contributed by atoms with E-state index < -0.39 is 11.8 Å². The molecule has 0 aliphatic carbocycles. The van der Waals surface area contributed by atoms with Crippen LogP contribution in [0, 0.1) is 20.8 Å². The molecule has 0 saturated heterocycles. The summed E-state index contributed by atoms with van der Waals surface area (Å²) < 4.78 is 0. The minimum absolute atomic E-state index is 0.119. The normalized spacial score (nSPS) is 13.4. The maximum Gasteiger partial charge on any atom is 0.313 e. The molecule has 0 radical (unpaired) electrons. The zero-order valence-electron chi connectivity index (χ0n) is 18.7. The van der Waals surface area contributed by atoms with Crippen molar-refractivity contribution in [2.45, 2.75) is 33.2 Å². The summed E-state index contributed by atoms with van der Waals surface area (Å²) in [6.45, 7) is 7.02. The number of fused-ring (bicyclic) bond motifs is 1. The number of aryl methyl sites for hydroxylation is 3. The second kappa shape index (κ2) is 9.22. The Morgan fingerprint density at radius 2 is 1.78 bits per heavy atom. The summed E-state index contributed by atoms with van der Waals surface area (Å²) in [6, 6.07) is 16.1. The zero-order chi connectivity index (χ0) is 22.7. The molecule has 3 aromatic rings. The van der Waals surface area contributed by atoms with Gasteiger partial charge in [0.25, 0.3) is 0 Å². The van der Waals surface area contributed by atoms with Crippen LogP contribution in [-0.2, 0) is 16.0 Å². The fourth-order valence-electron chi connectivity index (χ4n) is 4.49. The molecule has 32 heavy (non-hydrogen) atoms. The fourth-order valence-corrected chi connectivity index (χ4v) is 4.49. The van der Waals surface area contributed by atoms with E-state index in [2.05, 4.69) is 32.7 Å². The number of para-hydroxylation sites is 1. The van der Waals surface area contributed by atoms with E-state index in [1.54, 1.807) is 6.20 Å². The van der Waals surface area contributed by atoms with Crippen molar-refractivity contribution in [2.75, 3.05) is 23.3 Å². The molecule has 1 aromatic heterocycles. The third kappa shape index (κ3) is 4.49. The molecule has 1 aliphatic heterocycles. The van der Waals surface area contributed by atoms with E-state index in [-0.39, 0.29) is 6.04 Å². The number of amides is 2. The van der Waals surface area contributed by atoms with Crippen LogP contribution in [0.1, 0.15) is 33.9 Å². The largest absolute Gasteiger partial charge is 0.362 e. The summed E-state index contributed by atoms with van der Waals surface area (Å²) >= 11 is 0. The van der Waals surface area contributed by atoms with E-state index in [1.165, 1.54) is 5.56 Å². The molecular formula is C26H28N4O2. The number of rotatable bonds is 5. The average Bonchev–Trinajstić information content (AvgIpc) is 3.21. The Morgan fingerprint density at radius 1 is 1.03 bits per heavy atom. The lowest BCUT2D eigenvalue weighted by atomic mass is 10.1. The Kier molecular flexibility index (Phi) is 6.21. The van der Waals surface area contributed by atoms with Gasteiger partial charge < -0.3 is 15.5 Å². The third-order valence-electron chi connectivity index (χ3n) is 5.95. The Labute approximate surface area is 188 Å². The van der Waals surface area contributed by atoms with Crippen molar-refractivity contribution in [1.82, 2.24) is 10.3 Å². The van der Waals surface area contributed by atoms with Crippen molar-refractivity contribution in [3.8, 4) is 0 Å². The van der Waals surface area contributed by atoms with Crippen molar-refractivity contribution in [3.63, 3.8) is 0 Å². The molecule has 2 heterocycles. The molecule has 2 aromatic carbocycles. The number of anilines is 2. The highest BCUT2D eigenvalue weighted by Crippen LogP contribution is 2.34. The predicted molar refractivity (Wildman–Crippen MR) is 127 cm³/mol. The zero-order valence-corrected chi connectivity index (χ0v) is 18.7. The fraction of sp³-hybridized carbons (Fsp3) is 0.269. The monoisotopic (exact) mass is 428 g/mol. The van der Waals surface area contributed by atoms with Crippen LogP contribution < -0.4 is 15.5 Å². The smallest absolute Gasteiger partial charge is 0.313 e. The first-order chi connectivity index (χ1) is 15.4. The van der Waals surface area contributed by atoms with Crippen molar-refractivity contribution >= 4 is 23.2 Å². The van der Waals surface area contributed by atoms with Gasteiger partial charge in [-0.3, -0.25) is 14.6 Å². The van der Waals surface area contributed by atoms with Crippen LogP contribution >= 0.6 is 0 Å². The van der Waals surface area contributed by atoms with Gasteiger partial charge in [-0.25, -0.2) is 0 Å². The van der Waals surface area contributed by atoms with Crippen LogP contribution in [0.15, 0.2) is 60.9 Å². The maximum atomic E-state index is 12.7. The number of pyridine rings is 1. The molecule has 0 fully saturated rings. The maximum absolute atomic E-state index is 12.7. The number of hydrogen-bond acceptors (Lipinski definition) is 4. The number of carbonyl (C=O) groups excluding carboxylic acids is 2. The van der Waals surface area contributed by atoms with Crippen molar-refractivity contribution in [3.05, 3.63) is 88.7 Å². The van der Waals surface area contributed by atoms with Crippen molar-refractivity contribution in [2.24, 2.45) is 0 Å². The lowest BCUT2D eigenvalue weighted by Gasteiger charge is -2.30. The number of nitrogens with zero attached hydrogens (tertiary/aromatic N) is 2. The summed E-state index contributed by atoms with van der Waals surface area (Å²) in [5.74, 6) is -1.31. The first kappa shape index (κ1) is 21.6. The third-order valence-corrected chi connectivity index (χ3v) is 5.95. The van der Waals surface area contributed by atoms with Gasteiger partial charge in [-0.15, -0.1) is 0 Å². The molecule has 1 aliphatic rings. The number of aromatic nitrogens is 1. The minimum atomic E-state index is -0.660. The number of benzene rings is 2. The van der Waals surface area contributed by atoms with E-state index >= 15 is 0 Å². The molecule has 2 amide bonds. The Balaban J connectivity index is 1.49. The molecule has 4 rings (SSSR count). The molecule has 0 unspecified atom stereocenters. The molecule has 1 atom stereocenters. The van der Waals surface area contributed by atoms with E-state index in [9.17, 15) is 9.59 Å². The number of hydrogen-bond donors (Lipinski definition) is 2. The highest BCUT2D eigenvalue weighted by Gasteiger charge is 2.28. The van der Waals surface area contributed by atoms with E-state index in [1.807, 2.05) is 63.4 Å². The molecule has 0 saturated carbocycles. The number of nitrogens with one attached hydrogen (secondary N) is 2. The standard InChI is InChI=1S/C26H28N4O2/c1-17-13-18(2)24(19(3)14-17)29-26(32)25(31)28-16-23(21-8-6-11-27-15-21)30-12-10-20-7-4-5-9-22(20)30/h4-9,11,13-15,23H,10,12,16H2,1-3H3,(H,28,31)(H,29,32)/t23-/m1/s1. The summed E-state index contributed by atoms with van der Waals surface area (Å²) in [6.07, 6.45) is 4.50. The van der Waals surface area contributed by atoms with Crippen molar-refractivity contribution in [1.29, 1.82) is 0 Å². The Morgan fingerprint density at radius 3 is 2.50 bits per heavy atom. The predicted octanol–water partition coefficient (Wildman–Crippen LogP) is 3.87. The number of carbonyl (C=O) groups is 2. The summed E-state index contributed by atoms with van der Waals surface area (Å²) in [7, 11) is 0.